The maximum atomic E-state index is 15.3. The van der Waals surface area contributed by atoms with E-state index in [-0.39, 0.29) is 24.9 Å². The molecule has 0 radical (unpaired) electrons. The lowest BCUT2D eigenvalue weighted by Crippen LogP contribution is -2.49. The molecule has 0 aliphatic carbocycles. The number of alkyl halides is 1. The molecule has 1 aliphatic rings. The van der Waals surface area contributed by atoms with Gasteiger partial charge in [0.15, 0.2) is 5.67 Å². The van der Waals surface area contributed by atoms with Crippen molar-refractivity contribution in [3.63, 3.8) is 0 Å². The Morgan fingerprint density at radius 2 is 2.03 bits per heavy atom. The van der Waals surface area contributed by atoms with Gasteiger partial charge in [-0.3, -0.25) is 9.32 Å². The zero-order valence-corrected chi connectivity index (χ0v) is 20.7. The van der Waals surface area contributed by atoms with E-state index in [1.165, 1.54) is 20.0 Å². The number of hydrogen-bond acceptors (Lipinski definition) is 8. The quantitative estimate of drug-likeness (QED) is 0.248. The number of nitrogens with one attached hydrogen (secondary N) is 2. The summed E-state index contributed by atoms with van der Waals surface area (Å²) in [6.07, 6.45) is -1.52. The van der Waals surface area contributed by atoms with Gasteiger partial charge in [0.2, 0.25) is 6.23 Å². The molecule has 1 fully saturated rings. The number of hydrogen-bond donors (Lipinski definition) is 3. The van der Waals surface area contributed by atoms with Gasteiger partial charge in [0.25, 0.3) is 0 Å². The molecule has 11 nitrogen and oxygen atoms in total. The average molecular weight is 514 g/mol. The molecule has 192 valence electrons. The van der Waals surface area contributed by atoms with Gasteiger partial charge in [-0.05, 0) is 39.8 Å². The molecular weight excluding hydrogens is 484 g/mol. The van der Waals surface area contributed by atoms with Crippen molar-refractivity contribution in [2.24, 2.45) is 0 Å². The van der Waals surface area contributed by atoms with Crippen LogP contribution >= 0.6 is 7.75 Å². The van der Waals surface area contributed by atoms with Crippen molar-refractivity contribution in [3.05, 3.63) is 52.9 Å². The third-order valence-electron chi connectivity index (χ3n) is 5.04. The van der Waals surface area contributed by atoms with E-state index < -0.39 is 49.3 Å². The van der Waals surface area contributed by atoms with Gasteiger partial charge < -0.3 is 19.1 Å². The Labute approximate surface area is 201 Å². The molecule has 0 unspecified atom stereocenters. The summed E-state index contributed by atoms with van der Waals surface area (Å²) in [5, 5.41) is 12.6. The molecule has 2 aromatic rings. The number of aromatic hydroxyl groups is 1. The highest BCUT2D eigenvalue weighted by Gasteiger charge is 2.51. The van der Waals surface area contributed by atoms with Gasteiger partial charge in [-0.1, -0.05) is 18.2 Å². The number of ether oxygens (including phenoxy) is 2. The average Bonchev–Trinajstić information content (AvgIpc) is 3.06. The lowest BCUT2D eigenvalue weighted by Gasteiger charge is -2.24. The van der Waals surface area contributed by atoms with Gasteiger partial charge in [0, 0.05) is 6.42 Å². The summed E-state index contributed by atoms with van der Waals surface area (Å²) in [7, 11) is -4.15. The highest BCUT2D eigenvalue weighted by molar-refractivity contribution is 7.52. The molecule has 0 amide bonds. The Hall–Kier alpha value is -2.79. The molecule has 0 saturated carbocycles. The van der Waals surface area contributed by atoms with Gasteiger partial charge in [0.05, 0.1) is 24.9 Å². The first-order valence-electron chi connectivity index (χ1n) is 11.0. The Kier molecular flexibility index (Phi) is 8.32. The second kappa shape index (κ2) is 10.9. The molecule has 35 heavy (non-hydrogen) atoms. The molecule has 1 aliphatic heterocycles. The summed E-state index contributed by atoms with van der Waals surface area (Å²) in [4.78, 5) is 25.8. The largest absolute Gasteiger partial charge is 0.462 e. The SMILES string of the molecule is CC(C)OC(=O)[C@@H](C)N[P@@](=O)(OC[C@@H]1C[C@@](C)(F)[C@H]([n+]2ccc(=O)[nH]c2O)O1)Oc1ccccc1. The highest BCUT2D eigenvalue weighted by Crippen LogP contribution is 2.47. The van der Waals surface area contributed by atoms with E-state index >= 15 is 4.39 Å². The van der Waals surface area contributed by atoms with E-state index in [0.29, 0.717) is 0 Å². The van der Waals surface area contributed by atoms with Gasteiger partial charge in [0.1, 0.15) is 18.0 Å². The van der Waals surface area contributed by atoms with Crippen molar-refractivity contribution < 1.29 is 41.9 Å². The fourth-order valence-corrected chi connectivity index (χ4v) is 5.03. The normalized spacial score (nSPS) is 24.6. The predicted octanol–water partition coefficient (Wildman–Crippen LogP) is 2.52. The van der Waals surface area contributed by atoms with Crippen LogP contribution in [-0.2, 0) is 23.4 Å². The summed E-state index contributed by atoms with van der Waals surface area (Å²) in [5.74, 6) is -0.430. The number of carbonyl (C=O) groups excluding carboxylic acids is 1. The summed E-state index contributed by atoms with van der Waals surface area (Å²) in [5.41, 5.74) is -2.52. The molecule has 1 saturated heterocycles. The van der Waals surface area contributed by atoms with Crippen LogP contribution in [0.3, 0.4) is 0 Å². The number of para-hydroxylation sites is 1. The molecular formula is C22H30FN3O8P+. The molecule has 2 heterocycles. The smallest absolute Gasteiger partial charge is 0.459 e. The number of aromatic nitrogens is 2. The number of benzene rings is 1. The van der Waals surface area contributed by atoms with E-state index in [2.05, 4.69) is 10.1 Å². The van der Waals surface area contributed by atoms with Crippen LogP contribution < -0.4 is 19.7 Å². The van der Waals surface area contributed by atoms with Crippen molar-refractivity contribution in [1.29, 1.82) is 0 Å². The van der Waals surface area contributed by atoms with Crippen LogP contribution in [0.15, 0.2) is 47.4 Å². The van der Waals surface area contributed by atoms with Crippen LogP contribution in [0, 0.1) is 0 Å². The van der Waals surface area contributed by atoms with E-state index in [0.717, 1.165) is 10.6 Å². The second-order valence-electron chi connectivity index (χ2n) is 8.66. The van der Waals surface area contributed by atoms with Crippen LogP contribution in [0.5, 0.6) is 11.8 Å². The topological polar surface area (TPSA) is 140 Å². The van der Waals surface area contributed by atoms with Gasteiger partial charge in [-0.15, -0.1) is 0 Å². The van der Waals surface area contributed by atoms with Crippen LogP contribution in [0.2, 0.25) is 0 Å². The molecule has 13 heteroatoms. The summed E-state index contributed by atoms with van der Waals surface area (Å²) in [6.45, 7) is 5.73. The predicted molar refractivity (Wildman–Crippen MR) is 121 cm³/mol. The number of H-pyrrole nitrogens is 1. The molecule has 3 rings (SSSR count). The fraction of sp³-hybridized carbons (Fsp3) is 0.500. The van der Waals surface area contributed by atoms with Gasteiger partial charge in [-0.2, -0.15) is 14.6 Å². The molecule has 0 spiro atoms. The maximum absolute atomic E-state index is 15.3. The molecule has 5 atom stereocenters. The van der Waals surface area contributed by atoms with E-state index in [1.54, 1.807) is 44.2 Å². The van der Waals surface area contributed by atoms with E-state index in [1.807, 2.05) is 0 Å². The highest BCUT2D eigenvalue weighted by atomic mass is 31.2. The van der Waals surface area contributed by atoms with Gasteiger partial charge in [-0.25, -0.2) is 13.8 Å². The van der Waals surface area contributed by atoms with E-state index in [9.17, 15) is 19.3 Å². The second-order valence-corrected chi connectivity index (χ2v) is 10.4. The molecule has 0 bridgehead atoms. The van der Waals surface area contributed by atoms with E-state index in [4.69, 9.17) is 18.5 Å². The lowest BCUT2D eigenvalue weighted by atomic mass is 10.0. The Morgan fingerprint density at radius 1 is 1.34 bits per heavy atom. The van der Waals surface area contributed by atoms with Crippen LogP contribution in [0.1, 0.15) is 40.3 Å². The minimum atomic E-state index is -4.15. The van der Waals surface area contributed by atoms with Crippen molar-refractivity contribution in [1.82, 2.24) is 10.1 Å². The number of esters is 1. The zero-order valence-electron chi connectivity index (χ0n) is 19.8. The summed E-state index contributed by atoms with van der Waals surface area (Å²) >= 11 is 0. The number of halogens is 1. The lowest BCUT2D eigenvalue weighted by molar-refractivity contribution is -0.776. The fourth-order valence-electron chi connectivity index (χ4n) is 3.51. The number of nitrogens with zero attached hydrogens (tertiary/aromatic N) is 1. The van der Waals surface area contributed by atoms with Gasteiger partial charge >= 0.3 is 25.3 Å². The number of carbonyl (C=O) groups is 1. The first kappa shape index (κ1) is 26.8. The van der Waals surface area contributed by atoms with Crippen molar-refractivity contribution in [3.8, 4) is 11.8 Å². The summed E-state index contributed by atoms with van der Waals surface area (Å²) in [6, 6.07) is 7.71. The molecule has 1 aromatic heterocycles. The Morgan fingerprint density at radius 3 is 2.66 bits per heavy atom. The van der Waals surface area contributed by atoms with Crippen molar-refractivity contribution in [2.75, 3.05) is 6.61 Å². The van der Waals surface area contributed by atoms with Crippen molar-refractivity contribution in [2.45, 2.75) is 64.3 Å². The minimum absolute atomic E-state index is 0.167. The monoisotopic (exact) mass is 514 g/mol. The van der Waals surface area contributed by atoms with Crippen LogP contribution in [-0.4, -0.2) is 46.6 Å². The first-order chi connectivity index (χ1) is 16.4. The minimum Gasteiger partial charge on any atom is -0.462 e. The molecule has 3 N–H and O–H groups in total. The Bertz CT molecular complexity index is 1130. The molecule has 1 aromatic carbocycles. The number of aromatic amines is 1. The Balaban J connectivity index is 1.74. The summed E-state index contributed by atoms with van der Waals surface area (Å²) < 4.78 is 51.9. The number of rotatable bonds is 10. The zero-order chi connectivity index (χ0) is 25.8. The maximum Gasteiger partial charge on any atom is 0.459 e. The van der Waals surface area contributed by atoms with Crippen LogP contribution in [0.25, 0.3) is 0 Å². The third-order valence-corrected chi connectivity index (χ3v) is 6.68. The first-order valence-corrected chi connectivity index (χ1v) is 12.6. The van der Waals surface area contributed by atoms with Crippen molar-refractivity contribution >= 4 is 13.7 Å². The van der Waals surface area contributed by atoms with Crippen LogP contribution in [0.4, 0.5) is 4.39 Å². The third kappa shape index (κ3) is 7.11. The standard InChI is InChI=1S/C22H29FN3O8P/c1-14(2)32-19(28)15(3)25-35(30,34-16-8-6-5-7-9-16)31-13-17-12-22(4,23)20(33-17)26-11-10-18(27)24-21(26)29/h5-11,14-15,17,20H,12-13H2,1-4H3,(H2,24,25,27,29,30)/p+1/t15-,17+,20-,22-,35-/m1/s1.